The fourth-order valence-corrected chi connectivity index (χ4v) is 2.33. The Morgan fingerprint density at radius 3 is 2.83 bits per heavy atom. The van der Waals surface area contributed by atoms with E-state index in [1.165, 1.54) is 12.8 Å². The summed E-state index contributed by atoms with van der Waals surface area (Å²) in [6.07, 6.45) is 2.34. The second kappa shape index (κ2) is 4.71. The maximum atomic E-state index is 6.17. The molecule has 5 heteroatoms. The summed E-state index contributed by atoms with van der Waals surface area (Å²) >= 11 is 6.17. The second-order valence-electron chi connectivity index (χ2n) is 4.50. The highest BCUT2D eigenvalue weighted by atomic mass is 35.5. The molecular weight excluding hydrogens is 250 g/mol. The summed E-state index contributed by atoms with van der Waals surface area (Å²) in [5.74, 6) is 1.46. The smallest absolute Gasteiger partial charge is 0.229 e. The zero-order valence-corrected chi connectivity index (χ0v) is 10.9. The number of nitrogens with zero attached hydrogens (tertiary/aromatic N) is 3. The number of ether oxygens (including phenoxy) is 1. The third-order valence-corrected chi connectivity index (χ3v) is 3.37. The largest absolute Gasteiger partial charge is 0.380 e. The Bertz CT molecular complexity index is 563. The minimum Gasteiger partial charge on any atom is -0.380 e. The van der Waals surface area contributed by atoms with Crippen LogP contribution in [0.1, 0.15) is 30.1 Å². The molecule has 1 aliphatic rings. The van der Waals surface area contributed by atoms with Crippen molar-refractivity contribution in [1.29, 1.82) is 0 Å². The Balaban J connectivity index is 2.11. The van der Waals surface area contributed by atoms with Gasteiger partial charge in [-0.2, -0.15) is 0 Å². The van der Waals surface area contributed by atoms with Crippen molar-refractivity contribution in [3.63, 3.8) is 0 Å². The number of methoxy groups -OCH3 is 1. The van der Waals surface area contributed by atoms with E-state index in [2.05, 4.69) is 10.2 Å². The van der Waals surface area contributed by atoms with Gasteiger partial charge in [-0.3, -0.25) is 4.57 Å². The summed E-state index contributed by atoms with van der Waals surface area (Å²) in [4.78, 5) is 0. The van der Waals surface area contributed by atoms with E-state index in [9.17, 15) is 0 Å². The van der Waals surface area contributed by atoms with Crippen LogP contribution >= 0.6 is 11.6 Å². The minimum absolute atomic E-state index is 0.417. The van der Waals surface area contributed by atoms with Gasteiger partial charge in [-0.05, 0) is 30.5 Å². The molecule has 1 fully saturated rings. The van der Waals surface area contributed by atoms with E-state index >= 15 is 0 Å². The van der Waals surface area contributed by atoms with Crippen LogP contribution in [0.4, 0.5) is 0 Å². The normalized spacial score (nSPS) is 15.0. The van der Waals surface area contributed by atoms with Crippen LogP contribution < -0.4 is 0 Å². The molecule has 0 radical (unpaired) electrons. The molecule has 94 valence electrons. The molecule has 4 nitrogen and oxygen atoms in total. The number of hydrogen-bond acceptors (Lipinski definition) is 3. The zero-order valence-electron chi connectivity index (χ0n) is 10.1. The molecule has 3 rings (SSSR count). The molecule has 0 aliphatic heterocycles. The molecule has 0 amide bonds. The first-order valence-corrected chi connectivity index (χ1v) is 6.37. The van der Waals surface area contributed by atoms with Crippen LogP contribution in [0.2, 0.25) is 5.28 Å². The number of aromatic nitrogens is 3. The van der Waals surface area contributed by atoms with Crippen LogP contribution in [-0.4, -0.2) is 21.9 Å². The maximum Gasteiger partial charge on any atom is 0.229 e. The Labute approximate surface area is 111 Å². The number of rotatable bonds is 4. The quantitative estimate of drug-likeness (QED) is 0.851. The van der Waals surface area contributed by atoms with Crippen molar-refractivity contribution in [2.75, 3.05) is 7.11 Å². The van der Waals surface area contributed by atoms with Crippen LogP contribution in [0.5, 0.6) is 0 Å². The predicted molar refractivity (Wildman–Crippen MR) is 69.1 cm³/mol. The topological polar surface area (TPSA) is 39.9 Å². The van der Waals surface area contributed by atoms with E-state index in [1.807, 2.05) is 28.8 Å². The van der Waals surface area contributed by atoms with Crippen molar-refractivity contribution >= 4 is 11.6 Å². The van der Waals surface area contributed by atoms with Crippen LogP contribution in [0.25, 0.3) is 5.69 Å². The van der Waals surface area contributed by atoms with E-state index in [1.54, 1.807) is 7.11 Å². The number of halogens is 1. The van der Waals surface area contributed by atoms with Gasteiger partial charge >= 0.3 is 0 Å². The highest BCUT2D eigenvalue weighted by Gasteiger charge is 2.31. The minimum atomic E-state index is 0.417. The highest BCUT2D eigenvalue weighted by Crippen LogP contribution is 2.41. The molecule has 1 heterocycles. The summed E-state index contributed by atoms with van der Waals surface area (Å²) in [5, 5.41) is 8.61. The molecule has 0 saturated heterocycles. The van der Waals surface area contributed by atoms with Gasteiger partial charge in [0.1, 0.15) is 5.82 Å². The van der Waals surface area contributed by atoms with Crippen molar-refractivity contribution < 1.29 is 4.74 Å². The predicted octanol–water partition coefficient (Wildman–Crippen LogP) is 2.94. The second-order valence-corrected chi connectivity index (χ2v) is 4.84. The third-order valence-electron chi connectivity index (χ3n) is 3.12. The van der Waals surface area contributed by atoms with Gasteiger partial charge < -0.3 is 4.74 Å². The number of hydrogen-bond donors (Lipinski definition) is 0. The van der Waals surface area contributed by atoms with E-state index in [4.69, 9.17) is 16.3 Å². The molecular formula is C13H14ClN3O. The fourth-order valence-electron chi connectivity index (χ4n) is 2.11. The molecule has 0 atom stereocenters. The van der Waals surface area contributed by atoms with E-state index in [-0.39, 0.29) is 0 Å². The first kappa shape index (κ1) is 11.7. The molecule has 1 aliphatic carbocycles. The molecule has 1 saturated carbocycles. The van der Waals surface area contributed by atoms with Gasteiger partial charge in [-0.1, -0.05) is 18.2 Å². The first-order chi connectivity index (χ1) is 8.81. The Hall–Kier alpha value is -1.39. The SMILES string of the molecule is COCc1ccccc1-n1c(Cl)nnc1C1CC1. The lowest BCUT2D eigenvalue weighted by molar-refractivity contribution is 0.184. The summed E-state index contributed by atoms with van der Waals surface area (Å²) in [7, 11) is 1.69. The molecule has 0 unspecified atom stereocenters. The van der Waals surface area contributed by atoms with Crippen LogP contribution in [0.15, 0.2) is 24.3 Å². The molecule has 2 aromatic rings. The lowest BCUT2D eigenvalue weighted by Crippen LogP contribution is -2.04. The van der Waals surface area contributed by atoms with E-state index < -0.39 is 0 Å². The Morgan fingerprint density at radius 2 is 2.11 bits per heavy atom. The molecule has 1 aromatic carbocycles. The van der Waals surface area contributed by atoms with Gasteiger partial charge in [0, 0.05) is 18.6 Å². The fraction of sp³-hybridized carbons (Fsp3) is 0.385. The van der Waals surface area contributed by atoms with Crippen molar-refractivity contribution in [1.82, 2.24) is 14.8 Å². The summed E-state index contributed by atoms with van der Waals surface area (Å²) in [6.45, 7) is 0.550. The summed E-state index contributed by atoms with van der Waals surface area (Å²) in [5.41, 5.74) is 2.10. The van der Waals surface area contributed by atoms with Crippen LogP contribution in [-0.2, 0) is 11.3 Å². The molecule has 0 spiro atoms. The lowest BCUT2D eigenvalue weighted by Gasteiger charge is -2.12. The molecule has 18 heavy (non-hydrogen) atoms. The monoisotopic (exact) mass is 263 g/mol. The maximum absolute atomic E-state index is 6.17. The third kappa shape index (κ3) is 2.02. The van der Waals surface area contributed by atoms with Gasteiger partial charge in [0.05, 0.1) is 12.3 Å². The first-order valence-electron chi connectivity index (χ1n) is 5.99. The lowest BCUT2D eigenvalue weighted by atomic mass is 10.2. The number of para-hydroxylation sites is 1. The zero-order chi connectivity index (χ0) is 12.5. The average Bonchev–Trinajstić information content (AvgIpc) is 3.15. The average molecular weight is 264 g/mol. The van der Waals surface area contributed by atoms with Gasteiger partial charge in [-0.25, -0.2) is 0 Å². The Kier molecular flexibility index (Phi) is 3.06. The van der Waals surface area contributed by atoms with Crippen molar-refractivity contribution in [3.05, 3.63) is 40.9 Å². The van der Waals surface area contributed by atoms with Crippen LogP contribution in [0, 0.1) is 0 Å². The summed E-state index contributed by atoms with van der Waals surface area (Å²) < 4.78 is 7.16. The molecule has 0 bridgehead atoms. The van der Waals surface area contributed by atoms with Gasteiger partial charge in [0.25, 0.3) is 0 Å². The van der Waals surface area contributed by atoms with Crippen molar-refractivity contribution in [3.8, 4) is 5.69 Å². The number of benzene rings is 1. The van der Waals surface area contributed by atoms with E-state index in [0.717, 1.165) is 17.1 Å². The van der Waals surface area contributed by atoms with Crippen molar-refractivity contribution in [2.24, 2.45) is 0 Å². The van der Waals surface area contributed by atoms with E-state index in [0.29, 0.717) is 17.8 Å². The van der Waals surface area contributed by atoms with Gasteiger partial charge in [0.2, 0.25) is 5.28 Å². The van der Waals surface area contributed by atoms with Gasteiger partial charge in [0.15, 0.2) is 0 Å². The highest BCUT2D eigenvalue weighted by molar-refractivity contribution is 6.28. The van der Waals surface area contributed by atoms with Gasteiger partial charge in [-0.15, -0.1) is 10.2 Å². The Morgan fingerprint density at radius 1 is 1.33 bits per heavy atom. The van der Waals surface area contributed by atoms with Crippen LogP contribution in [0.3, 0.4) is 0 Å². The summed E-state index contributed by atoms with van der Waals surface area (Å²) in [6, 6.07) is 8.04. The molecule has 1 aromatic heterocycles. The molecule has 0 N–H and O–H groups in total. The standard InChI is InChI=1S/C13H14ClN3O/c1-18-8-10-4-2-3-5-11(10)17-12(9-6-7-9)15-16-13(17)14/h2-5,9H,6-8H2,1H3. The van der Waals surface area contributed by atoms with Crippen molar-refractivity contribution in [2.45, 2.75) is 25.4 Å².